The number of carbonyl (C=O) groups excluding carboxylic acids is 2. The fourth-order valence-electron chi connectivity index (χ4n) is 3.17. The van der Waals surface area contributed by atoms with Gasteiger partial charge in [-0.25, -0.2) is 0 Å². The first-order valence-corrected chi connectivity index (χ1v) is 7.96. The molecule has 0 spiro atoms. The molecule has 1 saturated carbocycles. The number of rotatable bonds is 8. The van der Waals surface area contributed by atoms with Gasteiger partial charge < -0.3 is 9.47 Å². The van der Waals surface area contributed by atoms with Gasteiger partial charge in [0.15, 0.2) is 5.92 Å². The molecule has 0 aromatic carbocycles. The first-order chi connectivity index (χ1) is 10.5. The highest BCUT2D eigenvalue weighted by Gasteiger charge is 2.44. The van der Waals surface area contributed by atoms with E-state index >= 15 is 0 Å². The summed E-state index contributed by atoms with van der Waals surface area (Å²) >= 11 is 0. The summed E-state index contributed by atoms with van der Waals surface area (Å²) < 4.78 is 9.92. The quantitative estimate of drug-likeness (QED) is 0.295. The summed E-state index contributed by atoms with van der Waals surface area (Å²) in [6.07, 6.45) is 4.63. The van der Waals surface area contributed by atoms with Gasteiger partial charge in [-0.15, -0.1) is 0 Å². The van der Waals surface area contributed by atoms with Crippen LogP contribution in [0.3, 0.4) is 0 Å². The van der Waals surface area contributed by atoms with Gasteiger partial charge >= 0.3 is 11.9 Å². The molecule has 0 aromatic rings. The standard InChI is InChI=1S/C15H25NO6/c1-3-21-14(17)13(15(18)22-4-2)12(10-16(19)20)11-8-6-5-7-9-11/h11-13H,3-10H2,1-2H3/t12-/m0/s1. The van der Waals surface area contributed by atoms with Crippen molar-refractivity contribution in [2.75, 3.05) is 19.8 Å². The Morgan fingerprint density at radius 3 is 2.00 bits per heavy atom. The predicted octanol–water partition coefficient (Wildman–Crippen LogP) is 2.20. The van der Waals surface area contributed by atoms with Crippen molar-refractivity contribution < 1.29 is 24.0 Å². The molecular weight excluding hydrogens is 290 g/mol. The Balaban J connectivity index is 3.01. The molecule has 1 atom stereocenters. The third kappa shape index (κ3) is 5.27. The van der Waals surface area contributed by atoms with Crippen LogP contribution in [0, 0.1) is 27.9 Å². The van der Waals surface area contributed by atoms with Crippen molar-refractivity contribution in [3.8, 4) is 0 Å². The summed E-state index contributed by atoms with van der Waals surface area (Å²) in [5.41, 5.74) is 0. The maximum Gasteiger partial charge on any atom is 0.320 e. The monoisotopic (exact) mass is 315 g/mol. The second kappa shape index (κ2) is 9.38. The minimum atomic E-state index is -1.20. The van der Waals surface area contributed by atoms with E-state index in [1.165, 1.54) is 0 Å². The van der Waals surface area contributed by atoms with Gasteiger partial charge in [0.2, 0.25) is 6.54 Å². The Kier molecular flexibility index (Phi) is 7.84. The van der Waals surface area contributed by atoms with Gasteiger partial charge in [0, 0.05) is 4.92 Å². The number of ether oxygens (including phenoxy) is 2. The van der Waals surface area contributed by atoms with Crippen molar-refractivity contribution >= 4 is 11.9 Å². The van der Waals surface area contributed by atoms with Crippen LogP contribution < -0.4 is 0 Å². The molecule has 0 N–H and O–H groups in total. The van der Waals surface area contributed by atoms with Gasteiger partial charge in [-0.3, -0.25) is 19.7 Å². The van der Waals surface area contributed by atoms with Gasteiger partial charge in [-0.1, -0.05) is 19.3 Å². The highest BCUT2D eigenvalue weighted by Crippen LogP contribution is 2.35. The smallest absolute Gasteiger partial charge is 0.320 e. The molecule has 0 saturated heterocycles. The lowest BCUT2D eigenvalue weighted by molar-refractivity contribution is -0.491. The summed E-state index contributed by atoms with van der Waals surface area (Å²) in [5, 5.41) is 11.0. The molecule has 0 aromatic heterocycles. The van der Waals surface area contributed by atoms with Crippen LogP contribution in [0.2, 0.25) is 0 Å². The third-order valence-corrected chi connectivity index (χ3v) is 4.12. The summed E-state index contributed by atoms with van der Waals surface area (Å²) in [5.74, 6) is -3.29. The van der Waals surface area contributed by atoms with Gasteiger partial charge in [-0.2, -0.15) is 0 Å². The first kappa shape index (κ1) is 18.4. The minimum absolute atomic E-state index is 0.0158. The Bertz CT molecular complexity index is 373. The summed E-state index contributed by atoms with van der Waals surface area (Å²) in [6.45, 7) is 3.13. The lowest BCUT2D eigenvalue weighted by atomic mass is 9.74. The maximum absolute atomic E-state index is 12.2. The Labute approximate surface area is 130 Å². The predicted molar refractivity (Wildman–Crippen MR) is 78.7 cm³/mol. The number of esters is 2. The first-order valence-electron chi connectivity index (χ1n) is 7.96. The zero-order chi connectivity index (χ0) is 16.5. The third-order valence-electron chi connectivity index (χ3n) is 4.12. The average Bonchev–Trinajstić information content (AvgIpc) is 2.47. The van der Waals surface area contributed by atoms with Gasteiger partial charge in [-0.05, 0) is 32.6 Å². The maximum atomic E-state index is 12.2. The Morgan fingerprint density at radius 1 is 1.09 bits per heavy atom. The Morgan fingerprint density at radius 2 is 1.59 bits per heavy atom. The topological polar surface area (TPSA) is 95.7 Å². The number of nitrogens with zero attached hydrogens (tertiary/aromatic N) is 1. The Hall–Kier alpha value is -1.66. The molecular formula is C15H25NO6. The molecule has 1 fully saturated rings. The van der Waals surface area contributed by atoms with E-state index in [0.29, 0.717) is 0 Å². The van der Waals surface area contributed by atoms with Gasteiger partial charge in [0.1, 0.15) is 0 Å². The largest absolute Gasteiger partial charge is 0.465 e. The summed E-state index contributed by atoms with van der Waals surface area (Å²) in [7, 11) is 0. The van der Waals surface area contributed by atoms with Crippen molar-refractivity contribution in [3.63, 3.8) is 0 Å². The second-order valence-electron chi connectivity index (χ2n) is 5.56. The SMILES string of the molecule is CCOC(=O)C(C(=O)OCC)[C@@H](C[N+](=O)[O-])C1CCCCC1. The van der Waals surface area contributed by atoms with Crippen LogP contribution in [0.15, 0.2) is 0 Å². The molecule has 0 radical (unpaired) electrons. The number of hydrogen-bond acceptors (Lipinski definition) is 6. The van der Waals surface area contributed by atoms with Gasteiger partial charge in [0.25, 0.3) is 0 Å². The molecule has 1 rings (SSSR count). The molecule has 7 nitrogen and oxygen atoms in total. The van der Waals surface area contributed by atoms with E-state index in [1.807, 2.05) is 0 Å². The molecule has 22 heavy (non-hydrogen) atoms. The lowest BCUT2D eigenvalue weighted by Crippen LogP contribution is -2.41. The van der Waals surface area contributed by atoms with Crippen LogP contribution >= 0.6 is 0 Å². The molecule has 0 bridgehead atoms. The normalized spacial score (nSPS) is 17.0. The van der Waals surface area contributed by atoms with E-state index in [9.17, 15) is 19.7 Å². The van der Waals surface area contributed by atoms with Crippen LogP contribution in [0.25, 0.3) is 0 Å². The van der Waals surface area contributed by atoms with Gasteiger partial charge in [0.05, 0.1) is 19.1 Å². The zero-order valence-corrected chi connectivity index (χ0v) is 13.3. The van der Waals surface area contributed by atoms with Crippen molar-refractivity contribution in [1.29, 1.82) is 0 Å². The lowest BCUT2D eigenvalue weighted by Gasteiger charge is -2.31. The van der Waals surface area contributed by atoms with E-state index in [4.69, 9.17) is 9.47 Å². The molecule has 0 heterocycles. The van der Waals surface area contributed by atoms with E-state index < -0.39 is 35.2 Å². The molecule has 1 aliphatic rings. The second-order valence-corrected chi connectivity index (χ2v) is 5.56. The van der Waals surface area contributed by atoms with Crippen LogP contribution in [-0.4, -0.2) is 36.6 Å². The van der Waals surface area contributed by atoms with Crippen LogP contribution in [0.5, 0.6) is 0 Å². The molecule has 0 aliphatic heterocycles. The molecule has 126 valence electrons. The number of nitro groups is 1. The van der Waals surface area contributed by atoms with Crippen LogP contribution in [0.4, 0.5) is 0 Å². The van der Waals surface area contributed by atoms with Crippen molar-refractivity contribution in [3.05, 3.63) is 10.1 Å². The number of carbonyl (C=O) groups is 2. The highest BCUT2D eigenvalue weighted by atomic mass is 16.6. The van der Waals surface area contributed by atoms with Crippen molar-refractivity contribution in [2.45, 2.75) is 46.0 Å². The zero-order valence-electron chi connectivity index (χ0n) is 13.3. The van der Waals surface area contributed by atoms with Crippen molar-refractivity contribution in [2.24, 2.45) is 17.8 Å². The van der Waals surface area contributed by atoms with E-state index in [1.54, 1.807) is 13.8 Å². The number of hydrogen-bond donors (Lipinski definition) is 0. The highest BCUT2D eigenvalue weighted by molar-refractivity contribution is 5.95. The molecule has 0 amide bonds. The summed E-state index contributed by atoms with van der Waals surface area (Å²) in [6, 6.07) is 0. The molecule has 1 aliphatic carbocycles. The fraction of sp³-hybridized carbons (Fsp3) is 0.867. The molecule has 7 heteroatoms. The molecule has 0 unspecified atom stereocenters. The fourth-order valence-corrected chi connectivity index (χ4v) is 3.17. The van der Waals surface area contributed by atoms with Crippen molar-refractivity contribution in [1.82, 2.24) is 0 Å². The average molecular weight is 315 g/mol. The minimum Gasteiger partial charge on any atom is -0.465 e. The van der Waals surface area contributed by atoms with E-state index in [0.717, 1.165) is 32.1 Å². The van der Waals surface area contributed by atoms with E-state index in [-0.39, 0.29) is 19.1 Å². The van der Waals surface area contributed by atoms with Crippen LogP contribution in [-0.2, 0) is 19.1 Å². The van der Waals surface area contributed by atoms with E-state index in [2.05, 4.69) is 0 Å². The summed E-state index contributed by atoms with van der Waals surface area (Å²) in [4.78, 5) is 34.9. The van der Waals surface area contributed by atoms with Crippen LogP contribution in [0.1, 0.15) is 46.0 Å².